The smallest absolute Gasteiger partial charge is 0.247 e. The van der Waals surface area contributed by atoms with E-state index in [4.69, 9.17) is 27.8 Å². The molecule has 2 saturated heterocycles. The Balaban J connectivity index is 1.42. The molecule has 1 aromatic carbocycles. The standard InChI is InChI=1S/C20H27ClN6O2/c21-14-3-1-13(2-4-14)9-16-12-29-17(20(23)28)11-27(16)15-5-7-26(8-6-15)19-10-18(22)24-25-19/h1-4,15-17H,5-12H2,(H2,22,24)(H2,23,28)/t16?,17-/m0/s1. The maximum Gasteiger partial charge on any atom is 0.247 e. The molecular weight excluding hydrogens is 392 g/mol. The van der Waals surface area contributed by atoms with Crippen LogP contribution in [0.4, 0.5) is 0 Å². The van der Waals surface area contributed by atoms with Gasteiger partial charge in [-0.3, -0.25) is 9.69 Å². The van der Waals surface area contributed by atoms with Crippen LogP contribution in [0.5, 0.6) is 0 Å². The number of hydrogen-bond donors (Lipinski definition) is 2. The molecule has 0 aliphatic carbocycles. The number of morpholine rings is 1. The highest BCUT2D eigenvalue weighted by Gasteiger charge is 2.37. The van der Waals surface area contributed by atoms with E-state index >= 15 is 0 Å². The summed E-state index contributed by atoms with van der Waals surface area (Å²) in [5.74, 6) is 1.13. The van der Waals surface area contributed by atoms with Crippen LogP contribution >= 0.6 is 11.6 Å². The highest BCUT2D eigenvalue weighted by atomic mass is 35.5. The van der Waals surface area contributed by atoms with Crippen molar-refractivity contribution in [2.45, 2.75) is 43.9 Å². The number of carbonyl (C=O) groups excluding carboxylic acids is 1. The van der Waals surface area contributed by atoms with E-state index in [1.54, 1.807) is 0 Å². The first-order chi connectivity index (χ1) is 14.0. The number of ether oxygens (including phenoxy) is 1. The first-order valence-corrected chi connectivity index (χ1v) is 10.4. The third-order valence-corrected chi connectivity index (χ3v) is 6.22. The number of benzene rings is 1. The summed E-state index contributed by atoms with van der Waals surface area (Å²) < 4.78 is 5.78. The summed E-state index contributed by atoms with van der Waals surface area (Å²) >= 11 is 6.02. The molecular formula is C20H27ClN6O2. The molecule has 1 aromatic rings. The van der Waals surface area contributed by atoms with Gasteiger partial charge in [0.05, 0.1) is 13.0 Å². The minimum atomic E-state index is -0.554. The number of amides is 1. The fourth-order valence-electron chi connectivity index (χ4n) is 4.39. The molecule has 3 heterocycles. The van der Waals surface area contributed by atoms with Gasteiger partial charge in [0.15, 0.2) is 0 Å². The molecule has 0 saturated carbocycles. The summed E-state index contributed by atoms with van der Waals surface area (Å²) in [5, 5.41) is 8.87. The summed E-state index contributed by atoms with van der Waals surface area (Å²) in [5.41, 5.74) is 12.5. The number of nitrogens with zero attached hydrogens (tertiary/aromatic N) is 4. The molecule has 0 aromatic heterocycles. The molecule has 9 heteroatoms. The molecule has 8 nitrogen and oxygen atoms in total. The van der Waals surface area contributed by atoms with Gasteiger partial charge in [-0.15, -0.1) is 10.2 Å². The molecule has 4 rings (SSSR count). The van der Waals surface area contributed by atoms with Gasteiger partial charge < -0.3 is 21.1 Å². The van der Waals surface area contributed by atoms with Crippen molar-refractivity contribution in [2.24, 2.45) is 21.7 Å². The van der Waals surface area contributed by atoms with Crippen LogP contribution in [-0.2, 0) is 16.0 Å². The first kappa shape index (κ1) is 20.1. The number of likely N-dealkylation sites (tertiary alicyclic amines) is 1. The van der Waals surface area contributed by atoms with Crippen LogP contribution in [0, 0.1) is 0 Å². The van der Waals surface area contributed by atoms with Gasteiger partial charge in [0.2, 0.25) is 5.91 Å². The Bertz CT molecular complexity index is 804. The first-order valence-electron chi connectivity index (χ1n) is 10.0. The summed E-state index contributed by atoms with van der Waals surface area (Å²) in [7, 11) is 0. The Morgan fingerprint density at radius 2 is 1.93 bits per heavy atom. The fourth-order valence-corrected chi connectivity index (χ4v) is 4.52. The number of carbonyl (C=O) groups is 1. The van der Waals surface area contributed by atoms with Crippen LogP contribution in [0.15, 0.2) is 34.5 Å². The number of amidine groups is 2. The zero-order chi connectivity index (χ0) is 20.4. The van der Waals surface area contributed by atoms with Crippen molar-refractivity contribution in [1.29, 1.82) is 0 Å². The third-order valence-electron chi connectivity index (χ3n) is 5.97. The van der Waals surface area contributed by atoms with Crippen LogP contribution in [0.3, 0.4) is 0 Å². The van der Waals surface area contributed by atoms with Gasteiger partial charge in [0.1, 0.15) is 17.8 Å². The lowest BCUT2D eigenvalue weighted by atomic mass is 9.96. The van der Waals surface area contributed by atoms with E-state index in [1.165, 1.54) is 5.56 Å². The number of hydrogen-bond acceptors (Lipinski definition) is 7. The van der Waals surface area contributed by atoms with Gasteiger partial charge in [-0.25, -0.2) is 0 Å². The van der Waals surface area contributed by atoms with Crippen molar-refractivity contribution in [2.75, 3.05) is 26.2 Å². The third kappa shape index (κ3) is 4.71. The second kappa shape index (κ2) is 8.69. The predicted octanol–water partition coefficient (Wildman–Crippen LogP) is 0.976. The highest BCUT2D eigenvalue weighted by Crippen LogP contribution is 2.26. The largest absolute Gasteiger partial charge is 0.385 e. The lowest BCUT2D eigenvalue weighted by Gasteiger charge is -2.46. The zero-order valence-corrected chi connectivity index (χ0v) is 17.1. The van der Waals surface area contributed by atoms with Crippen molar-refractivity contribution < 1.29 is 9.53 Å². The van der Waals surface area contributed by atoms with Gasteiger partial charge in [-0.2, -0.15) is 0 Å². The quantitative estimate of drug-likeness (QED) is 0.757. The lowest BCUT2D eigenvalue weighted by molar-refractivity contribution is -0.142. The fraction of sp³-hybridized carbons (Fsp3) is 0.550. The highest BCUT2D eigenvalue weighted by molar-refractivity contribution is 6.30. The minimum Gasteiger partial charge on any atom is -0.385 e. The van der Waals surface area contributed by atoms with E-state index in [0.717, 1.165) is 43.2 Å². The summed E-state index contributed by atoms with van der Waals surface area (Å²) in [6, 6.07) is 8.48. The molecule has 3 aliphatic rings. The second-order valence-electron chi connectivity index (χ2n) is 7.91. The molecule has 2 fully saturated rings. The van der Waals surface area contributed by atoms with Crippen molar-refractivity contribution in [3.8, 4) is 0 Å². The Morgan fingerprint density at radius 1 is 1.21 bits per heavy atom. The molecule has 3 aliphatic heterocycles. The van der Waals surface area contributed by atoms with E-state index in [0.29, 0.717) is 31.4 Å². The van der Waals surface area contributed by atoms with Crippen LogP contribution < -0.4 is 11.5 Å². The van der Waals surface area contributed by atoms with Crippen LogP contribution in [0.25, 0.3) is 0 Å². The average Bonchev–Trinajstić information content (AvgIpc) is 3.16. The Hall–Kier alpha value is -2.16. The van der Waals surface area contributed by atoms with E-state index < -0.39 is 12.0 Å². The molecule has 156 valence electrons. The molecule has 4 N–H and O–H groups in total. The van der Waals surface area contributed by atoms with E-state index in [2.05, 4.69) is 20.0 Å². The van der Waals surface area contributed by atoms with Gasteiger partial charge in [0, 0.05) is 36.7 Å². The predicted molar refractivity (Wildman–Crippen MR) is 113 cm³/mol. The molecule has 0 spiro atoms. The van der Waals surface area contributed by atoms with Crippen LogP contribution in [-0.4, -0.2) is 71.8 Å². The van der Waals surface area contributed by atoms with Gasteiger partial charge >= 0.3 is 0 Å². The molecule has 2 atom stereocenters. The molecule has 29 heavy (non-hydrogen) atoms. The van der Waals surface area contributed by atoms with E-state index in [9.17, 15) is 4.79 Å². The molecule has 1 unspecified atom stereocenters. The Morgan fingerprint density at radius 3 is 2.55 bits per heavy atom. The SMILES string of the molecule is NC(=O)[C@@H]1CN(C2CCN(C3=NN=C(N)C3)CC2)C(Cc2ccc(Cl)cc2)CO1. The second-order valence-corrected chi connectivity index (χ2v) is 8.34. The maximum atomic E-state index is 11.7. The monoisotopic (exact) mass is 418 g/mol. The van der Waals surface area contributed by atoms with Gasteiger partial charge in [0.25, 0.3) is 0 Å². The topological polar surface area (TPSA) is 110 Å². The number of piperidine rings is 1. The van der Waals surface area contributed by atoms with E-state index in [1.807, 2.05) is 24.3 Å². The minimum absolute atomic E-state index is 0.200. The van der Waals surface area contributed by atoms with Crippen LogP contribution in [0.2, 0.25) is 5.02 Å². The van der Waals surface area contributed by atoms with E-state index in [-0.39, 0.29) is 6.04 Å². The van der Waals surface area contributed by atoms with Crippen molar-refractivity contribution in [3.05, 3.63) is 34.9 Å². The molecule has 1 amide bonds. The average molecular weight is 419 g/mol. The Labute approximate surface area is 175 Å². The molecule has 0 bridgehead atoms. The number of nitrogens with two attached hydrogens (primary N) is 2. The van der Waals surface area contributed by atoms with Gasteiger partial charge in [-0.05, 0) is 37.0 Å². The zero-order valence-electron chi connectivity index (χ0n) is 16.3. The Kier molecular flexibility index (Phi) is 6.03. The van der Waals surface area contributed by atoms with Crippen molar-refractivity contribution in [3.63, 3.8) is 0 Å². The summed E-state index contributed by atoms with van der Waals surface area (Å²) in [6.07, 6.45) is 2.90. The van der Waals surface area contributed by atoms with Crippen molar-refractivity contribution in [1.82, 2.24) is 9.80 Å². The number of rotatable bonds is 4. The number of halogens is 1. The summed E-state index contributed by atoms with van der Waals surface area (Å²) in [4.78, 5) is 16.4. The van der Waals surface area contributed by atoms with Crippen molar-refractivity contribution >= 4 is 29.2 Å². The molecule has 0 radical (unpaired) electrons. The van der Waals surface area contributed by atoms with Gasteiger partial charge in [-0.1, -0.05) is 23.7 Å². The maximum absolute atomic E-state index is 11.7. The normalized spacial score (nSPS) is 26.3. The lowest BCUT2D eigenvalue weighted by Crippen LogP contribution is -2.59. The summed E-state index contributed by atoms with van der Waals surface area (Å²) in [6.45, 7) is 2.83. The van der Waals surface area contributed by atoms with Crippen LogP contribution in [0.1, 0.15) is 24.8 Å². The number of primary amides is 1.